The molecule has 0 amide bonds. The lowest BCUT2D eigenvalue weighted by Crippen LogP contribution is -2.44. The molecule has 0 spiro atoms. The minimum Gasteiger partial charge on any atom is -0.458 e. The van der Waals surface area contributed by atoms with Gasteiger partial charge in [0.15, 0.2) is 5.60 Å². The first kappa shape index (κ1) is 16.6. The number of carbonyl (C=O) groups is 1. The minimum absolute atomic E-state index is 0.123. The second kappa shape index (κ2) is 5.50. The number of pyridine rings is 2. The number of nitrogens with zero attached hydrogens (tertiary/aromatic N) is 2. The van der Waals surface area contributed by atoms with Crippen molar-refractivity contribution < 1.29 is 14.6 Å². The van der Waals surface area contributed by atoms with Gasteiger partial charge in [-0.1, -0.05) is 25.1 Å². The lowest BCUT2D eigenvalue weighted by Gasteiger charge is -2.31. The summed E-state index contributed by atoms with van der Waals surface area (Å²) in [5.74, 6) is -0.715. The summed E-state index contributed by atoms with van der Waals surface area (Å²) in [7, 11) is 0. The Kier molecular flexibility index (Phi) is 3.39. The third-order valence-electron chi connectivity index (χ3n) is 5.53. The maximum absolute atomic E-state index is 13.1. The molecule has 1 aromatic carbocycles. The van der Waals surface area contributed by atoms with Gasteiger partial charge in [-0.3, -0.25) is 4.79 Å². The molecule has 0 bridgehead atoms. The van der Waals surface area contributed by atoms with Crippen molar-refractivity contribution in [3.63, 3.8) is 0 Å². The molecule has 136 valence electrons. The largest absolute Gasteiger partial charge is 0.458 e. The van der Waals surface area contributed by atoms with Gasteiger partial charge in [-0.05, 0) is 34.5 Å². The normalized spacial score (nSPS) is 20.2. The molecule has 0 saturated carbocycles. The molecular formula is C20H15BrN2O4. The number of carbonyl (C=O) groups excluding carboxylic acids is 1. The molecule has 2 aliphatic rings. The van der Waals surface area contributed by atoms with Gasteiger partial charge in [-0.2, -0.15) is 0 Å². The van der Waals surface area contributed by atoms with Gasteiger partial charge in [0.05, 0.1) is 29.0 Å². The van der Waals surface area contributed by atoms with Crippen LogP contribution in [0.1, 0.15) is 30.0 Å². The van der Waals surface area contributed by atoms with Gasteiger partial charge in [0.1, 0.15) is 6.61 Å². The minimum atomic E-state index is -1.81. The molecule has 0 aliphatic carbocycles. The predicted octanol–water partition coefficient (Wildman–Crippen LogP) is 2.84. The van der Waals surface area contributed by atoms with Crippen LogP contribution < -0.4 is 5.56 Å². The van der Waals surface area contributed by atoms with Crippen LogP contribution in [0.25, 0.3) is 22.3 Å². The van der Waals surface area contributed by atoms with Gasteiger partial charge in [0.25, 0.3) is 5.56 Å². The first-order valence-corrected chi connectivity index (χ1v) is 9.49. The van der Waals surface area contributed by atoms with Gasteiger partial charge >= 0.3 is 5.97 Å². The summed E-state index contributed by atoms with van der Waals surface area (Å²) in [5, 5.41) is 11.9. The SMILES string of the molecule is CCC1(O)C(=O)OCc2c1cc1n(c2=O)Cc2c-1nc1ccccc1c2Br. The summed E-state index contributed by atoms with van der Waals surface area (Å²) in [5.41, 5.74) is 1.63. The Bertz CT molecular complexity index is 1220. The lowest BCUT2D eigenvalue weighted by atomic mass is 9.86. The number of hydrogen-bond donors (Lipinski definition) is 1. The number of hydrogen-bond acceptors (Lipinski definition) is 5. The molecular weight excluding hydrogens is 412 g/mol. The summed E-state index contributed by atoms with van der Waals surface area (Å²) >= 11 is 3.66. The van der Waals surface area contributed by atoms with E-state index in [0.717, 1.165) is 20.9 Å². The topological polar surface area (TPSA) is 81.4 Å². The number of halogens is 1. The molecule has 7 heteroatoms. The van der Waals surface area contributed by atoms with Crippen LogP contribution in [0.2, 0.25) is 0 Å². The van der Waals surface area contributed by atoms with Crippen LogP contribution in [0.3, 0.4) is 0 Å². The molecule has 0 fully saturated rings. The van der Waals surface area contributed by atoms with E-state index < -0.39 is 11.6 Å². The van der Waals surface area contributed by atoms with Crippen molar-refractivity contribution in [2.45, 2.75) is 32.1 Å². The van der Waals surface area contributed by atoms with Crippen LogP contribution in [-0.2, 0) is 28.3 Å². The van der Waals surface area contributed by atoms with Gasteiger partial charge in [0.2, 0.25) is 0 Å². The van der Waals surface area contributed by atoms with Crippen molar-refractivity contribution in [1.82, 2.24) is 9.55 Å². The maximum atomic E-state index is 13.1. The fraction of sp³-hybridized carbons (Fsp3) is 0.250. The molecule has 1 unspecified atom stereocenters. The second-order valence-corrected chi connectivity index (χ2v) is 7.67. The summed E-state index contributed by atoms with van der Waals surface area (Å²) in [6.45, 7) is 1.95. The highest BCUT2D eigenvalue weighted by Gasteiger charge is 2.45. The molecule has 3 aromatic rings. The quantitative estimate of drug-likeness (QED) is 0.473. The van der Waals surface area contributed by atoms with Crippen LogP contribution in [0.4, 0.5) is 0 Å². The van der Waals surface area contributed by atoms with E-state index in [1.54, 1.807) is 17.6 Å². The predicted molar refractivity (Wildman–Crippen MR) is 102 cm³/mol. The first-order valence-electron chi connectivity index (χ1n) is 8.70. The number of ether oxygens (including phenoxy) is 1. The highest BCUT2D eigenvalue weighted by molar-refractivity contribution is 9.10. The Morgan fingerprint density at radius 2 is 2.07 bits per heavy atom. The molecule has 2 aliphatic heterocycles. The van der Waals surface area contributed by atoms with Crippen molar-refractivity contribution in [3.05, 3.63) is 61.8 Å². The number of cyclic esters (lactones) is 1. The third-order valence-corrected chi connectivity index (χ3v) is 6.43. The standard InChI is InChI=1S/C20H15BrN2O4/c1-2-20(26)13-7-15-17-11(16(21)10-5-3-4-6-14(10)22-17)8-23(15)18(24)12(13)9-27-19(20)25/h3-7,26H,2,8-9H2,1H3. The summed E-state index contributed by atoms with van der Waals surface area (Å²) in [6, 6.07) is 9.47. The Morgan fingerprint density at radius 1 is 1.30 bits per heavy atom. The van der Waals surface area contributed by atoms with E-state index >= 15 is 0 Å². The fourth-order valence-corrected chi connectivity index (χ4v) is 4.63. The number of esters is 1. The van der Waals surface area contributed by atoms with Crippen LogP contribution in [0.15, 0.2) is 39.6 Å². The van der Waals surface area contributed by atoms with Gasteiger partial charge in [-0.15, -0.1) is 0 Å². The van der Waals surface area contributed by atoms with Crippen LogP contribution >= 0.6 is 15.9 Å². The molecule has 1 N–H and O–H groups in total. The van der Waals surface area contributed by atoms with Crippen molar-refractivity contribution in [3.8, 4) is 11.4 Å². The second-order valence-electron chi connectivity index (χ2n) is 6.87. The monoisotopic (exact) mass is 426 g/mol. The van der Waals surface area contributed by atoms with Crippen LogP contribution in [-0.4, -0.2) is 20.6 Å². The van der Waals surface area contributed by atoms with Gasteiger partial charge in [-0.25, -0.2) is 9.78 Å². The Hall–Kier alpha value is -2.51. The van der Waals surface area contributed by atoms with Crippen molar-refractivity contribution in [2.75, 3.05) is 0 Å². The summed E-state index contributed by atoms with van der Waals surface area (Å²) in [6.07, 6.45) is 0.128. The molecule has 27 heavy (non-hydrogen) atoms. The molecule has 1 atom stereocenters. The molecule has 2 aromatic heterocycles. The number of para-hydroxylation sites is 1. The molecule has 5 rings (SSSR count). The third kappa shape index (κ3) is 2.06. The summed E-state index contributed by atoms with van der Waals surface area (Å²) < 4.78 is 7.63. The Balaban J connectivity index is 1.84. The van der Waals surface area contributed by atoms with Crippen molar-refractivity contribution in [1.29, 1.82) is 0 Å². The van der Waals surface area contributed by atoms with E-state index in [1.165, 1.54) is 0 Å². The average Bonchev–Trinajstić information content (AvgIpc) is 3.05. The molecule has 6 nitrogen and oxygen atoms in total. The van der Waals surface area contributed by atoms with Crippen LogP contribution in [0.5, 0.6) is 0 Å². The maximum Gasteiger partial charge on any atom is 0.343 e. The fourth-order valence-electron chi connectivity index (χ4n) is 3.98. The van der Waals surface area contributed by atoms with Gasteiger partial charge in [0, 0.05) is 21.0 Å². The highest BCUT2D eigenvalue weighted by atomic mass is 79.9. The number of rotatable bonds is 1. The van der Waals surface area contributed by atoms with Gasteiger partial charge < -0.3 is 14.4 Å². The highest BCUT2D eigenvalue weighted by Crippen LogP contribution is 2.41. The number of aromatic nitrogens is 2. The zero-order chi connectivity index (χ0) is 18.9. The average molecular weight is 427 g/mol. The van der Waals surface area contributed by atoms with Crippen molar-refractivity contribution in [2.24, 2.45) is 0 Å². The van der Waals surface area contributed by atoms with Crippen LogP contribution in [0, 0.1) is 0 Å². The van der Waals surface area contributed by atoms with E-state index in [1.807, 2.05) is 24.3 Å². The van der Waals surface area contributed by atoms with E-state index in [4.69, 9.17) is 9.72 Å². The number of benzene rings is 1. The zero-order valence-corrected chi connectivity index (χ0v) is 16.0. The smallest absolute Gasteiger partial charge is 0.343 e. The van der Waals surface area contributed by atoms with E-state index in [0.29, 0.717) is 29.1 Å². The molecule has 4 heterocycles. The Morgan fingerprint density at radius 3 is 2.85 bits per heavy atom. The van der Waals surface area contributed by atoms with E-state index in [-0.39, 0.29) is 18.6 Å². The van der Waals surface area contributed by atoms with E-state index in [2.05, 4.69) is 15.9 Å². The number of fused-ring (bicyclic) bond motifs is 5. The molecule has 0 radical (unpaired) electrons. The molecule has 0 saturated heterocycles. The zero-order valence-electron chi connectivity index (χ0n) is 14.5. The number of aliphatic hydroxyl groups is 1. The van der Waals surface area contributed by atoms with E-state index in [9.17, 15) is 14.7 Å². The summed E-state index contributed by atoms with van der Waals surface area (Å²) in [4.78, 5) is 30.1. The lowest BCUT2D eigenvalue weighted by molar-refractivity contribution is -0.172. The first-order chi connectivity index (χ1) is 13.0. The van der Waals surface area contributed by atoms with Crippen molar-refractivity contribution >= 4 is 32.8 Å². The Labute approximate surface area is 162 Å².